The molecule has 0 aliphatic heterocycles. The predicted octanol–water partition coefficient (Wildman–Crippen LogP) is 6.71. The van der Waals surface area contributed by atoms with E-state index in [0.29, 0.717) is 42.4 Å². The quantitative estimate of drug-likeness (QED) is 0.0819. The lowest BCUT2D eigenvalue weighted by Crippen LogP contribution is -2.16. The molecule has 0 saturated carbocycles. The molecule has 0 spiro atoms. The molecule has 3 aromatic carbocycles. The van der Waals surface area contributed by atoms with E-state index < -0.39 is 35.4 Å². The Morgan fingerprint density at radius 2 is 1.48 bits per heavy atom. The molecule has 3 rings (SSSR count). The summed E-state index contributed by atoms with van der Waals surface area (Å²) in [7, 11) is 0. The van der Waals surface area contributed by atoms with Crippen LogP contribution < -0.4 is 14.2 Å². The van der Waals surface area contributed by atoms with Crippen LogP contribution in [0.4, 0.5) is 13.2 Å². The summed E-state index contributed by atoms with van der Waals surface area (Å²) in [4.78, 5) is 36.3. The topological polar surface area (TPSA) is 88.1 Å². The van der Waals surface area contributed by atoms with Crippen LogP contribution in [0.1, 0.15) is 57.2 Å². The normalized spacial score (nSPS) is 10.6. The molecular weight excluding hydrogens is 553 g/mol. The van der Waals surface area contributed by atoms with Crippen molar-refractivity contribution >= 4 is 17.9 Å². The maximum absolute atomic E-state index is 13.9. The molecule has 0 radical (unpaired) electrons. The SMILES string of the molecule is C=CC(=O)OCCCCOc1ccc(C(=O)Oc2ccc(C(=O)Oc3ccc(C#CC)cc3)cc2C(F)(F)F)cc1C. The number of unbranched alkanes of at least 4 members (excludes halogenated alkanes) is 1. The lowest BCUT2D eigenvalue weighted by Gasteiger charge is -2.15. The minimum atomic E-state index is -4.93. The van der Waals surface area contributed by atoms with Gasteiger partial charge in [0.2, 0.25) is 0 Å². The molecule has 0 aromatic heterocycles. The number of halogens is 3. The van der Waals surface area contributed by atoms with E-state index in [9.17, 15) is 27.6 Å². The summed E-state index contributed by atoms with van der Waals surface area (Å²) in [5.74, 6) is 2.84. The van der Waals surface area contributed by atoms with Gasteiger partial charge in [-0.25, -0.2) is 14.4 Å². The second-order valence-electron chi connectivity index (χ2n) is 8.79. The zero-order chi connectivity index (χ0) is 30.7. The number of hydrogen-bond donors (Lipinski definition) is 0. The van der Waals surface area contributed by atoms with E-state index in [2.05, 4.69) is 18.4 Å². The number of ether oxygens (including phenoxy) is 4. The number of esters is 3. The van der Waals surface area contributed by atoms with Crippen LogP contribution in [0.3, 0.4) is 0 Å². The third-order valence-electron chi connectivity index (χ3n) is 5.68. The second-order valence-corrected chi connectivity index (χ2v) is 8.79. The molecule has 10 heteroatoms. The summed E-state index contributed by atoms with van der Waals surface area (Å²) < 4.78 is 62.4. The lowest BCUT2D eigenvalue weighted by atomic mass is 10.1. The molecule has 218 valence electrons. The van der Waals surface area contributed by atoms with Crippen LogP contribution in [0.25, 0.3) is 0 Å². The van der Waals surface area contributed by atoms with E-state index in [1.165, 1.54) is 30.3 Å². The number of rotatable bonds is 11. The summed E-state index contributed by atoms with van der Waals surface area (Å²) in [5, 5.41) is 0. The van der Waals surface area contributed by atoms with Crippen LogP contribution in [0.5, 0.6) is 17.2 Å². The fourth-order valence-corrected chi connectivity index (χ4v) is 3.60. The first-order valence-corrected chi connectivity index (χ1v) is 12.7. The minimum absolute atomic E-state index is 0.00371. The lowest BCUT2D eigenvalue weighted by molar-refractivity contribution is -0.139. The van der Waals surface area contributed by atoms with Crippen molar-refractivity contribution in [3.8, 4) is 29.1 Å². The standard InChI is InChI=1S/C32H27F3O7/c1-4-8-22-9-13-25(14-10-22)41-30(37)24-12-16-28(26(20-24)32(33,34)35)42-31(38)23-11-15-27(21(3)19-23)39-17-6-7-18-40-29(36)5-2/h5,9-16,19-20H,2,6-7,17-18H2,1,3H3. The zero-order valence-corrected chi connectivity index (χ0v) is 22.9. The molecule has 0 heterocycles. The summed E-state index contributed by atoms with van der Waals surface area (Å²) in [6.45, 7) is 7.19. The van der Waals surface area contributed by atoms with Crippen LogP contribution in [-0.2, 0) is 15.7 Å². The van der Waals surface area contributed by atoms with Crippen molar-refractivity contribution in [3.05, 3.63) is 101 Å². The molecule has 7 nitrogen and oxygen atoms in total. The molecule has 0 saturated heterocycles. The first-order valence-electron chi connectivity index (χ1n) is 12.7. The van der Waals surface area contributed by atoms with Gasteiger partial charge in [0, 0.05) is 11.6 Å². The van der Waals surface area contributed by atoms with Crippen molar-refractivity contribution in [2.75, 3.05) is 13.2 Å². The van der Waals surface area contributed by atoms with Gasteiger partial charge in [-0.2, -0.15) is 13.2 Å². The maximum atomic E-state index is 13.9. The smallest absolute Gasteiger partial charge is 0.420 e. The monoisotopic (exact) mass is 580 g/mol. The third-order valence-corrected chi connectivity index (χ3v) is 5.68. The first kappa shape index (κ1) is 31.5. The van der Waals surface area contributed by atoms with Crippen molar-refractivity contribution in [1.82, 2.24) is 0 Å². The van der Waals surface area contributed by atoms with Crippen molar-refractivity contribution in [2.45, 2.75) is 32.9 Å². The highest BCUT2D eigenvalue weighted by Gasteiger charge is 2.36. The Balaban J connectivity index is 1.66. The highest BCUT2D eigenvalue weighted by Crippen LogP contribution is 2.37. The van der Waals surface area contributed by atoms with E-state index in [1.807, 2.05) is 0 Å². The minimum Gasteiger partial charge on any atom is -0.493 e. The average molecular weight is 581 g/mol. The van der Waals surface area contributed by atoms with Crippen molar-refractivity contribution < 1.29 is 46.5 Å². The van der Waals surface area contributed by atoms with Crippen molar-refractivity contribution in [2.24, 2.45) is 0 Å². The number of alkyl halides is 3. The van der Waals surface area contributed by atoms with E-state index in [0.717, 1.165) is 18.2 Å². The van der Waals surface area contributed by atoms with Crippen molar-refractivity contribution in [1.29, 1.82) is 0 Å². The Bertz CT molecular complexity index is 1510. The van der Waals surface area contributed by atoms with Crippen molar-refractivity contribution in [3.63, 3.8) is 0 Å². The zero-order valence-electron chi connectivity index (χ0n) is 22.9. The van der Waals surface area contributed by atoms with Crippen LogP contribution in [-0.4, -0.2) is 31.1 Å². The maximum Gasteiger partial charge on any atom is 0.420 e. The molecule has 42 heavy (non-hydrogen) atoms. The van der Waals surface area contributed by atoms with E-state index >= 15 is 0 Å². The molecule has 0 aliphatic rings. The Hall–Kier alpha value is -5.04. The van der Waals surface area contributed by atoms with Gasteiger partial charge in [-0.15, -0.1) is 5.92 Å². The Morgan fingerprint density at radius 1 is 0.857 bits per heavy atom. The van der Waals surface area contributed by atoms with Gasteiger partial charge >= 0.3 is 24.1 Å². The molecular formula is C32H27F3O7. The number of aryl methyl sites for hydroxylation is 1. The number of carbonyl (C=O) groups is 3. The van der Waals surface area contributed by atoms with Crippen LogP contribution in [0, 0.1) is 18.8 Å². The van der Waals surface area contributed by atoms with Gasteiger partial charge in [-0.05, 0) is 92.9 Å². The van der Waals surface area contributed by atoms with Gasteiger partial charge in [0.1, 0.15) is 17.2 Å². The van der Waals surface area contributed by atoms with Crippen LogP contribution in [0.15, 0.2) is 73.3 Å². The van der Waals surface area contributed by atoms with Gasteiger partial charge in [0.25, 0.3) is 0 Å². The molecule has 0 N–H and O–H groups in total. The Kier molecular flexibility index (Phi) is 10.9. The largest absolute Gasteiger partial charge is 0.493 e. The van der Waals surface area contributed by atoms with E-state index in [1.54, 1.807) is 26.0 Å². The highest BCUT2D eigenvalue weighted by molar-refractivity contribution is 5.93. The Labute approximate surface area is 240 Å². The van der Waals surface area contributed by atoms with E-state index in [4.69, 9.17) is 18.9 Å². The average Bonchev–Trinajstić information content (AvgIpc) is 2.96. The molecule has 0 aliphatic carbocycles. The van der Waals surface area contributed by atoms with Crippen LogP contribution >= 0.6 is 0 Å². The fourth-order valence-electron chi connectivity index (χ4n) is 3.60. The number of benzene rings is 3. The second kappa shape index (κ2) is 14.6. The summed E-state index contributed by atoms with van der Waals surface area (Å²) in [5.41, 5.74) is -0.443. The summed E-state index contributed by atoms with van der Waals surface area (Å²) in [6.07, 6.45) is -2.68. The summed E-state index contributed by atoms with van der Waals surface area (Å²) in [6, 6.07) is 13.0. The molecule has 0 atom stereocenters. The molecule has 0 amide bonds. The number of carbonyl (C=O) groups excluding carboxylic acids is 3. The highest BCUT2D eigenvalue weighted by atomic mass is 19.4. The van der Waals surface area contributed by atoms with Crippen LogP contribution in [0.2, 0.25) is 0 Å². The summed E-state index contributed by atoms with van der Waals surface area (Å²) >= 11 is 0. The molecule has 0 unspecified atom stereocenters. The first-order chi connectivity index (χ1) is 20.0. The molecule has 3 aromatic rings. The van der Waals surface area contributed by atoms with Gasteiger partial charge in [-0.1, -0.05) is 12.5 Å². The van der Waals surface area contributed by atoms with Gasteiger partial charge in [0.05, 0.1) is 29.9 Å². The molecule has 0 fully saturated rings. The third kappa shape index (κ3) is 8.99. The number of hydrogen-bond acceptors (Lipinski definition) is 7. The van der Waals surface area contributed by atoms with E-state index in [-0.39, 0.29) is 23.5 Å². The fraction of sp³-hybridized carbons (Fsp3) is 0.219. The van der Waals surface area contributed by atoms with Gasteiger partial charge in [0.15, 0.2) is 0 Å². The van der Waals surface area contributed by atoms with Gasteiger partial charge in [-0.3, -0.25) is 0 Å². The predicted molar refractivity (Wildman–Crippen MR) is 147 cm³/mol. The Morgan fingerprint density at radius 3 is 2.10 bits per heavy atom. The van der Waals surface area contributed by atoms with Gasteiger partial charge < -0.3 is 18.9 Å². The molecule has 0 bridgehead atoms.